The van der Waals surface area contributed by atoms with E-state index in [1.807, 2.05) is 30.3 Å². The maximum absolute atomic E-state index is 6.19. The first-order chi connectivity index (χ1) is 9.96. The van der Waals surface area contributed by atoms with E-state index in [1.54, 1.807) is 0 Å². The molecule has 0 heterocycles. The number of ether oxygens (including phenoxy) is 1. The number of halogens is 2. The predicted molar refractivity (Wildman–Crippen MR) is 93.9 cm³/mol. The average molecular weight is 368 g/mol. The highest BCUT2D eigenvalue weighted by Gasteiger charge is 2.17. The van der Waals surface area contributed by atoms with Gasteiger partial charge in [-0.05, 0) is 47.2 Å². The van der Waals surface area contributed by atoms with Gasteiger partial charge in [0, 0.05) is 10.4 Å². The fourth-order valence-electron chi connectivity index (χ4n) is 2.01. The highest BCUT2D eigenvalue weighted by atomic mass is 79.9. The zero-order valence-corrected chi connectivity index (χ0v) is 15.0. The van der Waals surface area contributed by atoms with Crippen molar-refractivity contribution in [1.82, 2.24) is 0 Å². The van der Waals surface area contributed by atoms with Crippen LogP contribution in [-0.2, 0) is 10.7 Å². The van der Waals surface area contributed by atoms with Gasteiger partial charge in [0.15, 0.2) is 0 Å². The Labute approximate surface area is 140 Å². The van der Waals surface area contributed by atoms with Gasteiger partial charge in [0.25, 0.3) is 0 Å². The van der Waals surface area contributed by atoms with Crippen molar-refractivity contribution in [2.75, 3.05) is 0 Å². The van der Waals surface area contributed by atoms with Gasteiger partial charge >= 0.3 is 0 Å². The molecular weight excluding hydrogens is 348 g/mol. The van der Waals surface area contributed by atoms with E-state index in [0.29, 0.717) is 5.02 Å². The first-order valence-corrected chi connectivity index (χ1v) is 8.59. The van der Waals surface area contributed by atoms with Gasteiger partial charge in [-0.3, -0.25) is 0 Å². The van der Waals surface area contributed by atoms with Gasteiger partial charge in [-0.2, -0.15) is 0 Å². The largest absolute Gasteiger partial charge is 0.457 e. The van der Waals surface area contributed by atoms with Crippen molar-refractivity contribution < 1.29 is 4.74 Å². The molecule has 0 atom stereocenters. The topological polar surface area (TPSA) is 9.23 Å². The number of benzene rings is 2. The van der Waals surface area contributed by atoms with Crippen molar-refractivity contribution in [2.45, 2.75) is 37.9 Å². The van der Waals surface area contributed by atoms with Gasteiger partial charge < -0.3 is 4.74 Å². The molecule has 0 bridgehead atoms. The first-order valence-electron chi connectivity index (χ1n) is 7.09. The maximum Gasteiger partial charge on any atom is 0.128 e. The van der Waals surface area contributed by atoms with Crippen molar-refractivity contribution in [3.8, 4) is 11.5 Å². The van der Waals surface area contributed by atoms with E-state index < -0.39 is 0 Å². The molecule has 0 fully saturated rings. The highest BCUT2D eigenvalue weighted by molar-refractivity contribution is 9.08. The summed E-state index contributed by atoms with van der Waals surface area (Å²) in [6.07, 6.45) is 1.11. The van der Waals surface area contributed by atoms with E-state index >= 15 is 0 Å². The van der Waals surface area contributed by atoms with Gasteiger partial charge in [-0.1, -0.05) is 66.5 Å². The molecule has 112 valence electrons. The molecule has 0 aliphatic carbocycles. The predicted octanol–water partition coefficient (Wildman–Crippen LogP) is 6.71. The average Bonchev–Trinajstić information content (AvgIpc) is 2.48. The zero-order valence-electron chi connectivity index (χ0n) is 12.6. The third-order valence-corrected chi connectivity index (χ3v) is 4.88. The molecule has 0 saturated heterocycles. The lowest BCUT2D eigenvalue weighted by molar-refractivity contribution is 0.478. The summed E-state index contributed by atoms with van der Waals surface area (Å²) >= 11 is 9.60. The second kappa shape index (κ2) is 6.85. The molecule has 1 nitrogen and oxygen atoms in total. The van der Waals surface area contributed by atoms with Crippen LogP contribution < -0.4 is 4.74 Å². The van der Waals surface area contributed by atoms with Crippen molar-refractivity contribution in [1.29, 1.82) is 0 Å². The molecule has 0 N–H and O–H groups in total. The van der Waals surface area contributed by atoms with E-state index in [-0.39, 0.29) is 5.41 Å². The lowest BCUT2D eigenvalue weighted by Gasteiger charge is -2.23. The Bertz CT molecular complexity index is 605. The summed E-state index contributed by atoms with van der Waals surface area (Å²) in [5.41, 5.74) is 2.58. The highest BCUT2D eigenvalue weighted by Crippen LogP contribution is 2.31. The van der Waals surface area contributed by atoms with Gasteiger partial charge in [0.1, 0.15) is 11.5 Å². The first kappa shape index (κ1) is 16.4. The number of hydrogen-bond acceptors (Lipinski definition) is 1. The molecule has 2 aromatic rings. The van der Waals surface area contributed by atoms with E-state index in [1.165, 1.54) is 5.56 Å². The fourth-order valence-corrected chi connectivity index (χ4v) is 2.90. The van der Waals surface area contributed by atoms with Crippen LogP contribution in [0.15, 0.2) is 42.5 Å². The quantitative estimate of drug-likeness (QED) is 0.533. The molecule has 0 saturated carbocycles. The Balaban J connectivity index is 2.15. The second-order valence-electron chi connectivity index (χ2n) is 5.75. The van der Waals surface area contributed by atoms with Crippen LogP contribution in [0.1, 0.15) is 38.3 Å². The summed E-state index contributed by atoms with van der Waals surface area (Å²) in [6.45, 7) is 6.71. The Kier molecular flexibility index (Phi) is 5.34. The fraction of sp³-hybridized carbons (Fsp3) is 0.333. The lowest BCUT2D eigenvalue weighted by atomic mass is 9.82. The van der Waals surface area contributed by atoms with Crippen molar-refractivity contribution in [2.24, 2.45) is 0 Å². The molecule has 0 radical (unpaired) electrons. The van der Waals surface area contributed by atoms with E-state index in [4.69, 9.17) is 16.3 Å². The molecule has 0 spiro atoms. The van der Waals surface area contributed by atoms with Crippen LogP contribution in [0.2, 0.25) is 5.02 Å². The maximum atomic E-state index is 6.19. The Morgan fingerprint density at radius 1 is 1.05 bits per heavy atom. The van der Waals surface area contributed by atoms with Crippen LogP contribution in [-0.4, -0.2) is 0 Å². The summed E-state index contributed by atoms with van der Waals surface area (Å²) < 4.78 is 5.86. The summed E-state index contributed by atoms with van der Waals surface area (Å²) in [4.78, 5) is 0. The molecule has 0 unspecified atom stereocenters. The molecule has 2 rings (SSSR count). The van der Waals surface area contributed by atoms with Crippen LogP contribution >= 0.6 is 27.5 Å². The van der Waals surface area contributed by atoms with Crippen LogP contribution in [0, 0.1) is 0 Å². The van der Waals surface area contributed by atoms with E-state index in [9.17, 15) is 0 Å². The van der Waals surface area contributed by atoms with Crippen LogP contribution in [0.3, 0.4) is 0 Å². The number of hydrogen-bond donors (Lipinski definition) is 0. The molecule has 0 amide bonds. The molecule has 0 aliphatic rings. The molecule has 0 aliphatic heterocycles. The smallest absolute Gasteiger partial charge is 0.128 e. The molecule has 0 aromatic heterocycles. The minimum absolute atomic E-state index is 0.194. The minimum Gasteiger partial charge on any atom is -0.457 e. The normalized spacial score (nSPS) is 11.5. The van der Waals surface area contributed by atoms with Gasteiger partial charge in [-0.25, -0.2) is 0 Å². The second-order valence-corrected chi connectivity index (χ2v) is 6.72. The van der Waals surface area contributed by atoms with E-state index in [2.05, 4.69) is 48.8 Å². The molecule has 3 heteroatoms. The Morgan fingerprint density at radius 2 is 1.67 bits per heavy atom. The molecule has 2 aromatic carbocycles. The minimum atomic E-state index is 0.194. The SMILES string of the molecule is CCC(C)(C)c1ccc(Oc2ccc(CBr)c(Cl)c2)cc1. The van der Waals surface area contributed by atoms with Crippen molar-refractivity contribution in [3.05, 3.63) is 58.6 Å². The van der Waals surface area contributed by atoms with Gasteiger partial charge in [0.2, 0.25) is 0 Å². The van der Waals surface area contributed by atoms with Gasteiger partial charge in [0.05, 0.1) is 0 Å². The Morgan fingerprint density at radius 3 is 2.19 bits per heavy atom. The third kappa shape index (κ3) is 4.02. The van der Waals surface area contributed by atoms with Crippen molar-refractivity contribution in [3.63, 3.8) is 0 Å². The zero-order chi connectivity index (χ0) is 15.5. The monoisotopic (exact) mass is 366 g/mol. The van der Waals surface area contributed by atoms with Crippen LogP contribution in [0.5, 0.6) is 11.5 Å². The summed E-state index contributed by atoms with van der Waals surface area (Å²) in [7, 11) is 0. The van der Waals surface area contributed by atoms with E-state index in [0.717, 1.165) is 28.8 Å². The summed E-state index contributed by atoms with van der Waals surface area (Å²) in [5, 5.41) is 1.46. The molecular formula is C18H20BrClO. The summed E-state index contributed by atoms with van der Waals surface area (Å²) in [6, 6.07) is 14.0. The standard InChI is InChI=1S/C18H20BrClO/c1-4-18(2,3)14-6-9-15(10-7-14)21-16-8-5-13(12-19)17(20)11-16/h5-11H,4,12H2,1-3H3. The third-order valence-electron chi connectivity index (χ3n) is 3.92. The lowest BCUT2D eigenvalue weighted by Crippen LogP contribution is -2.14. The number of rotatable bonds is 5. The van der Waals surface area contributed by atoms with Crippen molar-refractivity contribution >= 4 is 27.5 Å². The Hall–Kier alpha value is -0.990. The van der Waals surface area contributed by atoms with Crippen LogP contribution in [0.4, 0.5) is 0 Å². The van der Waals surface area contributed by atoms with Gasteiger partial charge in [-0.15, -0.1) is 0 Å². The number of alkyl halides is 1. The van der Waals surface area contributed by atoms with Crippen LogP contribution in [0.25, 0.3) is 0 Å². The summed E-state index contributed by atoms with van der Waals surface area (Å²) in [5.74, 6) is 1.58. The molecule has 21 heavy (non-hydrogen) atoms.